The molecule has 10 heteroatoms. The van der Waals surface area contributed by atoms with Crippen LogP contribution in [0, 0.1) is 0 Å². The first kappa shape index (κ1) is 25.4. The molecule has 0 unspecified atom stereocenters. The second-order valence-corrected chi connectivity index (χ2v) is 16.8. The van der Waals surface area contributed by atoms with Gasteiger partial charge in [0.2, 0.25) is 0 Å². The smallest absolute Gasteiger partial charge is 0.263 e. The molecule has 0 spiro atoms. The van der Waals surface area contributed by atoms with Crippen molar-refractivity contribution in [3.63, 3.8) is 0 Å². The number of aromatic nitrogens is 2. The summed E-state index contributed by atoms with van der Waals surface area (Å²) in [6, 6.07) is 13.8. The van der Waals surface area contributed by atoms with Crippen LogP contribution in [-0.2, 0) is 21.1 Å². The summed E-state index contributed by atoms with van der Waals surface area (Å²) in [5.74, 6) is 0.119. The number of nitrogens with one attached hydrogen (secondary N) is 1. The van der Waals surface area contributed by atoms with Crippen LogP contribution < -0.4 is 4.72 Å². The molecule has 0 radical (unpaired) electrons. The first-order valence-electron chi connectivity index (χ1n) is 11.1. The van der Waals surface area contributed by atoms with Gasteiger partial charge in [0.05, 0.1) is 17.2 Å². The Morgan fingerprint density at radius 1 is 1.09 bits per heavy atom. The van der Waals surface area contributed by atoms with Crippen LogP contribution in [0.3, 0.4) is 0 Å². The molecule has 184 valence electrons. The van der Waals surface area contributed by atoms with Gasteiger partial charge in [-0.05, 0) is 59.4 Å². The fraction of sp³-hybridized carbons (Fsp3) is 0.280. The molecule has 35 heavy (non-hydrogen) atoms. The lowest BCUT2D eigenvalue weighted by Gasteiger charge is -2.36. The SMILES string of the molecule is CC(C)(C)[Si](C)(C)OCc1cc(Cl)ccc1-c1nccc2cc(S(=O)(=O)Nc3ccon3)ccc12. The lowest BCUT2D eigenvalue weighted by Crippen LogP contribution is -2.40. The van der Waals surface area contributed by atoms with Gasteiger partial charge in [-0.2, -0.15) is 0 Å². The Bertz CT molecular complexity index is 1470. The molecular formula is C25H28ClN3O4SSi. The van der Waals surface area contributed by atoms with Crippen molar-refractivity contribution in [2.45, 2.75) is 50.4 Å². The maximum Gasteiger partial charge on any atom is 0.263 e. The molecule has 0 aliphatic carbocycles. The first-order chi connectivity index (χ1) is 16.4. The summed E-state index contributed by atoms with van der Waals surface area (Å²) in [4.78, 5) is 4.75. The van der Waals surface area contributed by atoms with E-state index < -0.39 is 18.3 Å². The van der Waals surface area contributed by atoms with E-state index in [0.29, 0.717) is 11.6 Å². The van der Waals surface area contributed by atoms with E-state index in [0.717, 1.165) is 27.6 Å². The molecule has 7 nitrogen and oxygen atoms in total. The molecule has 0 saturated carbocycles. The van der Waals surface area contributed by atoms with Crippen molar-refractivity contribution in [3.8, 4) is 11.3 Å². The van der Waals surface area contributed by atoms with Gasteiger partial charge in [-0.3, -0.25) is 9.71 Å². The highest BCUT2D eigenvalue weighted by Gasteiger charge is 2.37. The second kappa shape index (κ2) is 9.38. The molecule has 0 saturated heterocycles. The van der Waals surface area contributed by atoms with E-state index in [9.17, 15) is 8.42 Å². The zero-order valence-electron chi connectivity index (χ0n) is 20.3. The van der Waals surface area contributed by atoms with Crippen LogP contribution in [-0.4, -0.2) is 26.9 Å². The van der Waals surface area contributed by atoms with E-state index in [1.54, 1.807) is 30.5 Å². The minimum absolute atomic E-state index is 0.0747. The Morgan fingerprint density at radius 2 is 1.86 bits per heavy atom. The van der Waals surface area contributed by atoms with Gasteiger partial charge >= 0.3 is 0 Å². The van der Waals surface area contributed by atoms with Gasteiger partial charge < -0.3 is 8.95 Å². The number of sulfonamides is 1. The molecule has 0 fully saturated rings. The van der Waals surface area contributed by atoms with Gasteiger partial charge in [-0.25, -0.2) is 8.42 Å². The molecule has 4 aromatic rings. The van der Waals surface area contributed by atoms with Crippen LogP contribution in [0.4, 0.5) is 5.82 Å². The Hall–Kier alpha value is -2.72. The Kier molecular flexibility index (Phi) is 6.80. The quantitative estimate of drug-likeness (QED) is 0.262. The van der Waals surface area contributed by atoms with Crippen LogP contribution in [0.5, 0.6) is 0 Å². The normalized spacial score (nSPS) is 12.7. The maximum atomic E-state index is 12.8. The molecular weight excluding hydrogens is 502 g/mol. The third kappa shape index (κ3) is 5.43. The highest BCUT2D eigenvalue weighted by atomic mass is 35.5. The van der Waals surface area contributed by atoms with Gasteiger partial charge in [0.15, 0.2) is 14.1 Å². The zero-order valence-corrected chi connectivity index (χ0v) is 22.9. The van der Waals surface area contributed by atoms with Gasteiger partial charge in [0, 0.05) is 28.2 Å². The lowest BCUT2D eigenvalue weighted by molar-refractivity contribution is 0.277. The largest absolute Gasteiger partial charge is 0.413 e. The van der Waals surface area contributed by atoms with E-state index in [1.165, 1.54) is 12.3 Å². The summed E-state index contributed by atoms with van der Waals surface area (Å²) in [5.41, 5.74) is 2.57. The summed E-state index contributed by atoms with van der Waals surface area (Å²) in [7, 11) is -5.82. The number of rotatable bonds is 7. The highest BCUT2D eigenvalue weighted by Crippen LogP contribution is 2.38. The van der Waals surface area contributed by atoms with Crippen molar-refractivity contribution < 1.29 is 17.4 Å². The summed E-state index contributed by atoms with van der Waals surface area (Å²) in [5, 5.41) is 5.87. The van der Waals surface area contributed by atoms with Crippen molar-refractivity contribution >= 4 is 46.5 Å². The van der Waals surface area contributed by atoms with Crippen molar-refractivity contribution in [2.24, 2.45) is 0 Å². The second-order valence-electron chi connectivity index (χ2n) is 9.88. The molecule has 4 rings (SSSR count). The topological polar surface area (TPSA) is 94.3 Å². The summed E-state index contributed by atoms with van der Waals surface area (Å²) < 4.78 is 39.2. The number of hydrogen-bond acceptors (Lipinski definition) is 6. The molecule has 0 aliphatic rings. The monoisotopic (exact) mass is 529 g/mol. The van der Waals surface area contributed by atoms with E-state index in [4.69, 9.17) is 20.6 Å². The number of nitrogens with zero attached hydrogens (tertiary/aromatic N) is 2. The fourth-order valence-corrected chi connectivity index (χ4v) is 5.56. The molecule has 1 N–H and O–H groups in total. The molecule has 0 atom stereocenters. The third-order valence-electron chi connectivity index (χ3n) is 6.44. The molecule has 0 aliphatic heterocycles. The number of fused-ring (bicyclic) bond motifs is 1. The Labute approximate surface area is 211 Å². The fourth-order valence-electron chi connectivity index (χ4n) is 3.39. The van der Waals surface area contributed by atoms with E-state index in [1.807, 2.05) is 18.2 Å². The Balaban J connectivity index is 1.73. The third-order valence-corrected chi connectivity index (χ3v) is 12.5. The number of halogens is 1. The van der Waals surface area contributed by atoms with Crippen LogP contribution in [0.2, 0.25) is 23.2 Å². The van der Waals surface area contributed by atoms with Crippen molar-refractivity contribution in [3.05, 3.63) is 71.6 Å². The van der Waals surface area contributed by atoms with E-state index >= 15 is 0 Å². The van der Waals surface area contributed by atoms with Crippen LogP contribution in [0.15, 0.2) is 70.4 Å². The summed E-state index contributed by atoms with van der Waals surface area (Å²) >= 11 is 6.34. The van der Waals surface area contributed by atoms with Crippen molar-refractivity contribution in [1.29, 1.82) is 0 Å². The first-order valence-corrected chi connectivity index (χ1v) is 15.9. The number of benzene rings is 2. The van der Waals surface area contributed by atoms with E-state index in [-0.39, 0.29) is 15.8 Å². The molecule has 0 amide bonds. The van der Waals surface area contributed by atoms with Gasteiger partial charge in [-0.1, -0.05) is 49.7 Å². The van der Waals surface area contributed by atoms with Crippen LogP contribution in [0.1, 0.15) is 26.3 Å². The molecule has 0 bridgehead atoms. The summed E-state index contributed by atoms with van der Waals surface area (Å²) in [6.45, 7) is 11.4. The minimum atomic E-state index is -3.83. The summed E-state index contributed by atoms with van der Waals surface area (Å²) in [6.07, 6.45) is 2.97. The van der Waals surface area contributed by atoms with Gasteiger partial charge in [0.25, 0.3) is 10.0 Å². The van der Waals surface area contributed by atoms with Gasteiger partial charge in [-0.15, -0.1) is 0 Å². The average Bonchev–Trinajstić information content (AvgIpc) is 3.29. The maximum absolute atomic E-state index is 12.8. The minimum Gasteiger partial charge on any atom is -0.413 e. The molecule has 2 heterocycles. The standard InChI is InChI=1S/C25H28ClN3O4SSi/c1-25(2,3)35(4,5)33-16-18-14-19(26)6-8-22(18)24-21-9-7-20(15-17(21)10-12-27-24)34(30,31)29-23-11-13-32-28-23/h6-15H,16H2,1-5H3,(H,28,29). The van der Waals surface area contributed by atoms with Crippen LogP contribution >= 0.6 is 11.6 Å². The van der Waals surface area contributed by atoms with Crippen molar-refractivity contribution in [1.82, 2.24) is 10.1 Å². The molecule has 2 aromatic heterocycles. The van der Waals surface area contributed by atoms with Gasteiger partial charge in [0.1, 0.15) is 6.26 Å². The lowest BCUT2D eigenvalue weighted by atomic mass is 10.00. The predicted octanol–water partition coefficient (Wildman–Crippen LogP) is 6.87. The number of anilines is 1. The van der Waals surface area contributed by atoms with E-state index in [2.05, 4.69) is 48.7 Å². The molecule has 2 aromatic carbocycles. The predicted molar refractivity (Wildman–Crippen MR) is 141 cm³/mol. The highest BCUT2D eigenvalue weighted by molar-refractivity contribution is 7.92. The average molecular weight is 530 g/mol. The Morgan fingerprint density at radius 3 is 2.54 bits per heavy atom. The number of pyridine rings is 1. The van der Waals surface area contributed by atoms with Crippen molar-refractivity contribution in [2.75, 3.05) is 4.72 Å². The zero-order chi connectivity index (χ0) is 25.4. The van der Waals surface area contributed by atoms with Crippen LogP contribution in [0.25, 0.3) is 22.0 Å². The number of hydrogen-bond donors (Lipinski definition) is 1.